The molecule has 0 amide bonds. The van der Waals surface area contributed by atoms with Crippen LogP contribution in [-0.2, 0) is 0 Å². The van der Waals surface area contributed by atoms with Gasteiger partial charge in [-0.15, -0.1) is 0 Å². The number of hydrogen-bond acceptors (Lipinski definition) is 0. The molecule has 0 bridgehead atoms. The third kappa shape index (κ3) is 10.4. The van der Waals surface area contributed by atoms with E-state index in [-0.39, 0.29) is 0 Å². The standard InChI is InChI=1S/C9H24Si2/c1-5-6-7-8-9-10-11(2,3)4/h5-10H2,1-4H3. The molecule has 0 aliphatic carbocycles. The highest BCUT2D eigenvalue weighted by Gasteiger charge is 2.11. The van der Waals surface area contributed by atoms with E-state index in [0.29, 0.717) is 9.04 Å². The lowest BCUT2D eigenvalue weighted by molar-refractivity contribution is 0.701. The molecule has 0 N–H and O–H groups in total. The summed E-state index contributed by atoms with van der Waals surface area (Å²) in [6, 6.07) is 1.62. The highest BCUT2D eigenvalue weighted by Crippen LogP contribution is 2.07. The third-order valence-corrected chi connectivity index (χ3v) is 9.94. The van der Waals surface area contributed by atoms with Crippen LogP contribution >= 0.6 is 0 Å². The smallest absolute Gasteiger partial charge is 0.0310 e. The van der Waals surface area contributed by atoms with E-state index in [1.807, 2.05) is 0 Å². The van der Waals surface area contributed by atoms with Crippen molar-refractivity contribution in [3.05, 3.63) is 0 Å². The highest BCUT2D eigenvalue weighted by atomic mass is 29.2. The lowest BCUT2D eigenvalue weighted by Gasteiger charge is -2.13. The van der Waals surface area contributed by atoms with Gasteiger partial charge in [-0.2, -0.15) is 0 Å². The van der Waals surface area contributed by atoms with Crippen LogP contribution in [0.25, 0.3) is 0 Å². The van der Waals surface area contributed by atoms with Gasteiger partial charge in [0.2, 0.25) is 0 Å². The molecule has 0 aromatic carbocycles. The highest BCUT2D eigenvalue weighted by molar-refractivity contribution is 7.23. The Morgan fingerprint density at radius 1 is 1.00 bits per heavy atom. The lowest BCUT2D eigenvalue weighted by Crippen LogP contribution is -2.29. The Morgan fingerprint density at radius 2 is 1.64 bits per heavy atom. The van der Waals surface area contributed by atoms with Crippen molar-refractivity contribution in [2.24, 2.45) is 0 Å². The molecule has 0 radical (unpaired) electrons. The molecule has 11 heavy (non-hydrogen) atoms. The molecule has 0 unspecified atom stereocenters. The maximum Gasteiger partial charge on any atom is 0.0310 e. The van der Waals surface area contributed by atoms with Crippen LogP contribution in [0.1, 0.15) is 32.6 Å². The monoisotopic (exact) mass is 188 g/mol. The van der Waals surface area contributed by atoms with Crippen LogP contribution in [0.2, 0.25) is 25.7 Å². The fraction of sp³-hybridized carbons (Fsp3) is 1.00. The number of rotatable bonds is 6. The molecule has 0 atom stereocenters. The Hall–Kier alpha value is 0.434. The Morgan fingerprint density at radius 3 is 2.09 bits per heavy atom. The zero-order valence-corrected chi connectivity index (χ0v) is 11.2. The quantitative estimate of drug-likeness (QED) is 0.444. The molecule has 0 spiro atoms. The number of hydrogen-bond donors (Lipinski definition) is 0. The summed E-state index contributed by atoms with van der Waals surface area (Å²) in [7, 11) is -0.218. The van der Waals surface area contributed by atoms with Crippen LogP contribution in [-0.4, -0.2) is 16.6 Å². The first-order valence-electron chi connectivity index (χ1n) is 5.06. The first-order chi connectivity index (χ1) is 5.06. The Bertz CT molecular complexity index is 84.1. The fourth-order valence-corrected chi connectivity index (χ4v) is 6.86. The molecule has 0 saturated carbocycles. The maximum atomic E-state index is 2.53. The van der Waals surface area contributed by atoms with Gasteiger partial charge in [0.05, 0.1) is 0 Å². The first-order valence-corrected chi connectivity index (χ1v) is 11.9. The minimum atomic E-state index is -0.579. The van der Waals surface area contributed by atoms with Crippen LogP contribution in [0.5, 0.6) is 0 Å². The largest absolute Gasteiger partial charge is 0.0720 e. The van der Waals surface area contributed by atoms with Gasteiger partial charge >= 0.3 is 0 Å². The van der Waals surface area contributed by atoms with Crippen LogP contribution in [0.15, 0.2) is 0 Å². The van der Waals surface area contributed by atoms with Crippen molar-refractivity contribution in [2.45, 2.75) is 58.3 Å². The molecular weight excluding hydrogens is 164 g/mol. The van der Waals surface area contributed by atoms with E-state index in [1.54, 1.807) is 6.04 Å². The van der Waals surface area contributed by atoms with Gasteiger partial charge in [-0.3, -0.25) is 0 Å². The molecule has 0 fully saturated rings. The third-order valence-electron chi connectivity index (χ3n) is 2.03. The maximum absolute atomic E-state index is 2.53. The van der Waals surface area contributed by atoms with Gasteiger partial charge in [-0.1, -0.05) is 58.3 Å². The SMILES string of the molecule is CCCCCC[SiH2][Si](C)(C)C. The van der Waals surface area contributed by atoms with E-state index in [1.165, 1.54) is 25.7 Å². The van der Waals surface area contributed by atoms with Gasteiger partial charge in [0, 0.05) is 16.6 Å². The van der Waals surface area contributed by atoms with Crippen molar-refractivity contribution in [1.29, 1.82) is 0 Å². The zero-order valence-electron chi connectivity index (χ0n) is 8.74. The zero-order chi connectivity index (χ0) is 8.74. The molecule has 0 rings (SSSR count). The summed E-state index contributed by atoms with van der Waals surface area (Å²) in [6.07, 6.45) is 5.87. The molecule has 0 nitrogen and oxygen atoms in total. The summed E-state index contributed by atoms with van der Waals surface area (Å²) in [4.78, 5) is 0. The summed E-state index contributed by atoms with van der Waals surface area (Å²) in [5.41, 5.74) is 0. The van der Waals surface area contributed by atoms with Crippen LogP contribution in [0, 0.1) is 0 Å². The second kappa shape index (κ2) is 6.01. The van der Waals surface area contributed by atoms with E-state index in [9.17, 15) is 0 Å². The van der Waals surface area contributed by atoms with E-state index in [4.69, 9.17) is 0 Å². The topological polar surface area (TPSA) is 0 Å². The molecule has 0 saturated heterocycles. The van der Waals surface area contributed by atoms with Crippen molar-refractivity contribution >= 4 is 16.6 Å². The summed E-state index contributed by atoms with van der Waals surface area (Å²) >= 11 is 0. The van der Waals surface area contributed by atoms with Gasteiger partial charge in [-0.25, -0.2) is 0 Å². The Balaban J connectivity index is 3.02. The van der Waals surface area contributed by atoms with Crippen molar-refractivity contribution in [1.82, 2.24) is 0 Å². The van der Waals surface area contributed by atoms with E-state index in [2.05, 4.69) is 26.6 Å². The summed E-state index contributed by atoms with van der Waals surface area (Å²) < 4.78 is 0. The van der Waals surface area contributed by atoms with Crippen LogP contribution in [0.4, 0.5) is 0 Å². The second-order valence-corrected chi connectivity index (χ2v) is 18.9. The van der Waals surface area contributed by atoms with Crippen molar-refractivity contribution in [2.75, 3.05) is 0 Å². The van der Waals surface area contributed by atoms with E-state index in [0.717, 1.165) is 0 Å². The Kier molecular flexibility index (Phi) is 6.24. The predicted octanol–water partition coefficient (Wildman–Crippen LogP) is 2.99. The van der Waals surface area contributed by atoms with Crippen LogP contribution < -0.4 is 0 Å². The molecule has 68 valence electrons. The minimum Gasteiger partial charge on any atom is -0.0720 e. The summed E-state index contributed by atoms with van der Waals surface area (Å²) in [6.45, 7) is 9.87. The normalized spacial score (nSPS) is 13.1. The van der Waals surface area contributed by atoms with Crippen molar-refractivity contribution in [3.8, 4) is 0 Å². The Labute approximate surface area is 75.4 Å². The predicted molar refractivity (Wildman–Crippen MR) is 60.8 cm³/mol. The van der Waals surface area contributed by atoms with Gasteiger partial charge < -0.3 is 0 Å². The van der Waals surface area contributed by atoms with Gasteiger partial charge in [-0.05, 0) is 0 Å². The molecular formula is C9H24Si2. The molecule has 0 aliphatic rings. The minimum absolute atomic E-state index is 0.361. The fourth-order valence-electron chi connectivity index (χ4n) is 1.26. The van der Waals surface area contributed by atoms with Crippen molar-refractivity contribution < 1.29 is 0 Å². The van der Waals surface area contributed by atoms with Crippen LogP contribution in [0.3, 0.4) is 0 Å². The second-order valence-electron chi connectivity index (χ2n) is 4.72. The molecule has 0 aromatic heterocycles. The molecule has 0 aliphatic heterocycles. The molecule has 2 heteroatoms. The lowest BCUT2D eigenvalue weighted by atomic mass is 10.2. The average molecular weight is 188 g/mol. The van der Waals surface area contributed by atoms with Gasteiger partial charge in [0.15, 0.2) is 0 Å². The molecule has 0 aromatic rings. The average Bonchev–Trinajstić information content (AvgIpc) is 1.85. The summed E-state index contributed by atoms with van der Waals surface area (Å²) in [5.74, 6) is 0. The number of unbranched alkanes of at least 4 members (excludes halogenated alkanes) is 3. The molecule has 0 heterocycles. The van der Waals surface area contributed by atoms with Crippen molar-refractivity contribution in [3.63, 3.8) is 0 Å². The summed E-state index contributed by atoms with van der Waals surface area (Å²) in [5, 5.41) is 0. The van der Waals surface area contributed by atoms with E-state index < -0.39 is 7.59 Å². The first kappa shape index (κ1) is 11.4. The van der Waals surface area contributed by atoms with Gasteiger partial charge in [0.1, 0.15) is 0 Å². The van der Waals surface area contributed by atoms with E-state index >= 15 is 0 Å². The van der Waals surface area contributed by atoms with Gasteiger partial charge in [0.25, 0.3) is 0 Å².